The molecular weight excluding hydrogens is 552 g/mol. The van der Waals surface area contributed by atoms with Gasteiger partial charge in [0.2, 0.25) is 0 Å². The molecule has 0 aliphatic carbocycles. The third-order valence-corrected chi connectivity index (χ3v) is 8.61. The highest BCUT2D eigenvalue weighted by Crippen LogP contribution is 2.23. The second-order valence-corrected chi connectivity index (χ2v) is 11.8. The van der Waals surface area contributed by atoms with Gasteiger partial charge in [0.1, 0.15) is 0 Å². The molecule has 9 heteroatoms. The molecule has 2 N–H and O–H groups in total. The molecule has 0 saturated carbocycles. The number of benzene rings is 3. The summed E-state index contributed by atoms with van der Waals surface area (Å²) in [5, 5.41) is 15.0. The maximum Gasteiger partial charge on any atom is 0.305 e. The van der Waals surface area contributed by atoms with Crippen LogP contribution < -0.4 is 5.32 Å². The van der Waals surface area contributed by atoms with Crippen LogP contribution in [0, 0.1) is 0 Å². The van der Waals surface area contributed by atoms with E-state index in [1.54, 1.807) is 12.1 Å². The van der Waals surface area contributed by atoms with Crippen molar-refractivity contribution < 1.29 is 19.5 Å². The van der Waals surface area contributed by atoms with Gasteiger partial charge in [0.15, 0.2) is 5.78 Å². The largest absolute Gasteiger partial charge is 0.481 e. The number of rotatable bonds is 13. The van der Waals surface area contributed by atoms with Crippen molar-refractivity contribution in [2.75, 3.05) is 12.8 Å². The van der Waals surface area contributed by atoms with Gasteiger partial charge in [0.05, 0.1) is 23.1 Å². The Kier molecular flexibility index (Phi) is 10.2. The van der Waals surface area contributed by atoms with Crippen LogP contribution in [-0.2, 0) is 28.4 Å². The number of carboxylic acid groups (broad SMARTS) is 1. The van der Waals surface area contributed by atoms with Gasteiger partial charge in [-0.15, -0.1) is 23.1 Å². The van der Waals surface area contributed by atoms with Gasteiger partial charge < -0.3 is 10.4 Å². The third-order valence-electron chi connectivity index (χ3n) is 6.16. The second-order valence-electron chi connectivity index (χ2n) is 9.25. The maximum atomic E-state index is 12.9. The molecule has 0 aliphatic heterocycles. The standard InChI is InChI=1S/C30H29ClN2O4S2/c1-33(16-21-10-6-9-20-7-2-4-11-24(20)21)17-23-13-14-28(39-23)30(37)32-26(15-29(35)36)27(34)19-38-18-22-8-3-5-12-25(22)31/h2-14,26H,15-19H2,1H3,(H,32,37)(H,35,36)/t26-/m0/s1. The van der Waals surface area contributed by atoms with Gasteiger partial charge in [-0.1, -0.05) is 72.3 Å². The molecule has 202 valence electrons. The van der Waals surface area contributed by atoms with Crippen LogP contribution in [0.1, 0.15) is 32.1 Å². The van der Waals surface area contributed by atoms with Crippen molar-refractivity contribution in [1.82, 2.24) is 10.2 Å². The quantitative estimate of drug-likeness (QED) is 0.194. The third kappa shape index (κ3) is 8.16. The summed E-state index contributed by atoms with van der Waals surface area (Å²) in [7, 11) is 2.03. The van der Waals surface area contributed by atoms with Gasteiger partial charge in [0, 0.05) is 28.7 Å². The molecule has 1 heterocycles. The van der Waals surface area contributed by atoms with Crippen LogP contribution in [0.25, 0.3) is 10.8 Å². The summed E-state index contributed by atoms with van der Waals surface area (Å²) >= 11 is 8.85. The Bertz CT molecular complexity index is 1470. The highest BCUT2D eigenvalue weighted by Gasteiger charge is 2.25. The lowest BCUT2D eigenvalue weighted by molar-refractivity contribution is -0.139. The molecule has 0 aliphatic rings. The van der Waals surface area contributed by atoms with Crippen LogP contribution in [0.5, 0.6) is 0 Å². The Morgan fingerprint density at radius 1 is 0.949 bits per heavy atom. The summed E-state index contributed by atoms with van der Waals surface area (Å²) in [6.07, 6.45) is -0.469. The molecule has 0 unspecified atom stereocenters. The molecular formula is C30H29ClN2O4S2. The number of hydrogen-bond donors (Lipinski definition) is 2. The van der Waals surface area contributed by atoms with E-state index in [0.717, 1.165) is 17.0 Å². The van der Waals surface area contributed by atoms with Gasteiger partial charge in [-0.05, 0) is 47.1 Å². The molecule has 0 saturated heterocycles. The smallest absolute Gasteiger partial charge is 0.305 e. The first-order valence-electron chi connectivity index (χ1n) is 12.4. The average molecular weight is 581 g/mol. The number of amides is 1. The SMILES string of the molecule is CN(Cc1ccc(C(=O)N[C@@H](CC(=O)O)C(=O)CSCc2ccccc2Cl)s1)Cc1cccc2ccccc12. The fraction of sp³-hybridized carbons (Fsp3) is 0.233. The molecule has 1 atom stereocenters. The lowest BCUT2D eigenvalue weighted by Gasteiger charge is -2.17. The lowest BCUT2D eigenvalue weighted by atomic mass is 10.0. The van der Waals surface area contributed by atoms with E-state index < -0.39 is 24.3 Å². The molecule has 6 nitrogen and oxygen atoms in total. The first-order valence-corrected chi connectivity index (χ1v) is 14.8. The van der Waals surface area contributed by atoms with Crippen molar-refractivity contribution in [3.05, 3.63) is 105 Å². The van der Waals surface area contributed by atoms with Crippen LogP contribution in [0.15, 0.2) is 78.9 Å². The summed E-state index contributed by atoms with van der Waals surface area (Å²) in [6, 6.07) is 24.4. The zero-order valence-corrected chi connectivity index (χ0v) is 23.8. The molecule has 1 aromatic heterocycles. The summed E-state index contributed by atoms with van der Waals surface area (Å²) in [4.78, 5) is 40.8. The summed E-state index contributed by atoms with van der Waals surface area (Å²) in [6.45, 7) is 1.40. The fourth-order valence-corrected chi connectivity index (χ4v) is 6.50. The highest BCUT2D eigenvalue weighted by atomic mass is 35.5. The summed E-state index contributed by atoms with van der Waals surface area (Å²) in [5.41, 5.74) is 2.12. The van der Waals surface area contributed by atoms with Crippen LogP contribution in [-0.4, -0.2) is 46.5 Å². The maximum absolute atomic E-state index is 12.9. The Balaban J connectivity index is 1.33. The Morgan fingerprint density at radius 3 is 2.46 bits per heavy atom. The zero-order chi connectivity index (χ0) is 27.8. The van der Waals surface area contributed by atoms with Gasteiger partial charge in [0.25, 0.3) is 5.91 Å². The minimum atomic E-state index is -1.15. The van der Waals surface area contributed by atoms with Crippen molar-refractivity contribution in [3.8, 4) is 0 Å². The van der Waals surface area contributed by atoms with Crippen LogP contribution in [0.4, 0.5) is 0 Å². The molecule has 4 aromatic rings. The number of carbonyl (C=O) groups excluding carboxylic acids is 2. The van der Waals surface area contributed by atoms with E-state index >= 15 is 0 Å². The lowest BCUT2D eigenvalue weighted by Crippen LogP contribution is -2.43. The van der Waals surface area contributed by atoms with E-state index in [4.69, 9.17) is 11.6 Å². The number of fused-ring (bicyclic) bond motifs is 1. The van der Waals surface area contributed by atoms with Crippen LogP contribution in [0.2, 0.25) is 5.02 Å². The monoisotopic (exact) mass is 580 g/mol. The second kappa shape index (κ2) is 13.8. The van der Waals surface area contributed by atoms with E-state index in [9.17, 15) is 19.5 Å². The first kappa shape index (κ1) is 28.8. The number of aliphatic carboxylic acids is 1. The van der Waals surface area contributed by atoms with E-state index in [0.29, 0.717) is 22.2 Å². The molecule has 3 aromatic carbocycles. The van der Waals surface area contributed by atoms with Gasteiger partial charge in [-0.2, -0.15) is 0 Å². The molecule has 4 rings (SSSR count). The van der Waals surface area contributed by atoms with Crippen molar-refractivity contribution in [2.24, 2.45) is 0 Å². The predicted molar refractivity (Wildman–Crippen MR) is 160 cm³/mol. The molecule has 1 amide bonds. The van der Waals surface area contributed by atoms with E-state index in [2.05, 4.69) is 40.5 Å². The fourth-order valence-electron chi connectivity index (χ4n) is 4.25. The van der Waals surface area contributed by atoms with Crippen molar-refractivity contribution >= 4 is 63.1 Å². The predicted octanol–water partition coefficient (Wildman–Crippen LogP) is 6.26. The Morgan fingerprint density at radius 2 is 1.67 bits per heavy atom. The van der Waals surface area contributed by atoms with Gasteiger partial charge in [-0.3, -0.25) is 19.3 Å². The van der Waals surface area contributed by atoms with E-state index in [1.807, 2.05) is 43.4 Å². The number of carbonyl (C=O) groups is 3. The van der Waals surface area contributed by atoms with Gasteiger partial charge >= 0.3 is 5.97 Å². The molecule has 39 heavy (non-hydrogen) atoms. The first-order chi connectivity index (χ1) is 18.8. The Labute approximate surface area is 241 Å². The average Bonchev–Trinajstić information content (AvgIpc) is 3.38. The number of Topliss-reactive ketones (excluding diaryl/α,β-unsaturated/α-hetero) is 1. The number of ketones is 1. The minimum Gasteiger partial charge on any atom is -0.481 e. The minimum absolute atomic E-state index is 0.0676. The van der Waals surface area contributed by atoms with Crippen molar-refractivity contribution in [3.63, 3.8) is 0 Å². The molecule has 0 bridgehead atoms. The normalized spacial score (nSPS) is 12.0. The molecule has 0 radical (unpaired) electrons. The van der Waals surface area contributed by atoms with E-state index in [1.165, 1.54) is 39.4 Å². The number of carboxylic acids is 1. The highest BCUT2D eigenvalue weighted by molar-refractivity contribution is 7.99. The number of nitrogens with one attached hydrogen (secondary N) is 1. The van der Waals surface area contributed by atoms with Crippen LogP contribution >= 0.6 is 34.7 Å². The summed E-state index contributed by atoms with van der Waals surface area (Å²) in [5.74, 6) is -1.35. The number of nitrogens with zero attached hydrogens (tertiary/aromatic N) is 1. The van der Waals surface area contributed by atoms with Crippen molar-refractivity contribution in [1.29, 1.82) is 0 Å². The van der Waals surface area contributed by atoms with Gasteiger partial charge in [-0.25, -0.2) is 0 Å². The molecule has 0 fully saturated rings. The topological polar surface area (TPSA) is 86.7 Å². The van der Waals surface area contributed by atoms with Crippen molar-refractivity contribution in [2.45, 2.75) is 31.3 Å². The number of thioether (sulfide) groups is 1. The number of hydrogen-bond acceptors (Lipinski definition) is 6. The summed E-state index contributed by atoms with van der Waals surface area (Å²) < 4.78 is 0. The molecule has 0 spiro atoms. The number of thiophene rings is 1. The van der Waals surface area contributed by atoms with E-state index in [-0.39, 0.29) is 11.5 Å². The Hall–Kier alpha value is -3.17. The number of halogens is 1. The zero-order valence-electron chi connectivity index (χ0n) is 21.4. The van der Waals surface area contributed by atoms with Crippen LogP contribution in [0.3, 0.4) is 0 Å².